The lowest BCUT2D eigenvalue weighted by molar-refractivity contribution is -0.135. The monoisotopic (exact) mass is 473 g/mol. The van der Waals surface area contributed by atoms with Gasteiger partial charge in [-0.2, -0.15) is 0 Å². The Balaban J connectivity index is 1.19. The van der Waals surface area contributed by atoms with Gasteiger partial charge in [0.25, 0.3) is 0 Å². The van der Waals surface area contributed by atoms with Gasteiger partial charge in [-0.05, 0) is 30.2 Å². The first-order valence-corrected chi connectivity index (χ1v) is 11.8. The molecular weight excluding hydrogens is 446 g/mol. The van der Waals surface area contributed by atoms with Crippen LogP contribution in [0.5, 0.6) is 11.5 Å². The normalized spacial score (nSPS) is 26.4. The second kappa shape index (κ2) is 8.16. The van der Waals surface area contributed by atoms with E-state index >= 15 is 0 Å². The van der Waals surface area contributed by atoms with E-state index in [2.05, 4.69) is 16.4 Å². The molecule has 0 aliphatic carbocycles. The van der Waals surface area contributed by atoms with Gasteiger partial charge in [0.05, 0.1) is 38.7 Å². The highest BCUT2D eigenvalue weighted by molar-refractivity contribution is 5.99. The van der Waals surface area contributed by atoms with Crippen LogP contribution in [0.2, 0.25) is 0 Å². The van der Waals surface area contributed by atoms with E-state index in [9.17, 15) is 9.59 Å². The van der Waals surface area contributed by atoms with Crippen molar-refractivity contribution in [3.63, 3.8) is 0 Å². The number of para-hydroxylation sites is 1. The Morgan fingerprint density at radius 1 is 1.20 bits per heavy atom. The zero-order valence-electron chi connectivity index (χ0n) is 19.6. The molecule has 8 heteroatoms. The van der Waals surface area contributed by atoms with E-state index in [0.717, 1.165) is 11.9 Å². The van der Waals surface area contributed by atoms with E-state index in [1.54, 1.807) is 32.4 Å². The summed E-state index contributed by atoms with van der Waals surface area (Å²) < 4.78 is 16.9. The van der Waals surface area contributed by atoms with Crippen LogP contribution in [0.3, 0.4) is 0 Å². The van der Waals surface area contributed by atoms with Gasteiger partial charge in [0.2, 0.25) is 11.8 Å². The third-order valence-corrected chi connectivity index (χ3v) is 7.46. The van der Waals surface area contributed by atoms with Crippen molar-refractivity contribution in [3.8, 4) is 11.5 Å². The lowest BCUT2D eigenvalue weighted by Crippen LogP contribution is -2.41. The van der Waals surface area contributed by atoms with Gasteiger partial charge in [-0.1, -0.05) is 30.4 Å². The minimum absolute atomic E-state index is 0.0239. The average molecular weight is 474 g/mol. The lowest BCUT2D eigenvalue weighted by Gasteiger charge is -2.23. The molecule has 2 saturated heterocycles. The molecule has 2 amide bonds. The van der Waals surface area contributed by atoms with Gasteiger partial charge >= 0.3 is 0 Å². The molecule has 2 aromatic carbocycles. The summed E-state index contributed by atoms with van der Waals surface area (Å²) in [6.07, 6.45) is 6.23. The Morgan fingerprint density at radius 3 is 2.86 bits per heavy atom. The summed E-state index contributed by atoms with van der Waals surface area (Å²) in [5, 5.41) is 4.12. The summed E-state index contributed by atoms with van der Waals surface area (Å²) >= 11 is 0. The van der Waals surface area contributed by atoms with Crippen molar-refractivity contribution in [2.75, 3.05) is 32.6 Å². The number of methoxy groups -OCH3 is 2. The van der Waals surface area contributed by atoms with Crippen molar-refractivity contribution < 1.29 is 23.8 Å². The molecule has 1 aromatic heterocycles. The van der Waals surface area contributed by atoms with Crippen LogP contribution in [0.4, 0.5) is 5.69 Å². The van der Waals surface area contributed by atoms with Crippen LogP contribution in [0.25, 0.3) is 10.9 Å². The van der Waals surface area contributed by atoms with Crippen LogP contribution in [0.15, 0.2) is 60.8 Å². The second-order valence-corrected chi connectivity index (χ2v) is 9.33. The van der Waals surface area contributed by atoms with Crippen molar-refractivity contribution in [2.45, 2.75) is 18.1 Å². The SMILES string of the molecule is COc1ccc(NC(=O)C2C3C(=O)N(CCc4c[nH]c5ccccc45)CC34C=C[C@H]2O4)cc1OC. The number of nitrogens with one attached hydrogen (secondary N) is 2. The summed E-state index contributed by atoms with van der Waals surface area (Å²) in [5.74, 6) is -0.271. The van der Waals surface area contributed by atoms with Crippen molar-refractivity contribution in [1.29, 1.82) is 0 Å². The fourth-order valence-electron chi connectivity index (χ4n) is 5.80. The first-order valence-electron chi connectivity index (χ1n) is 11.8. The first-order chi connectivity index (χ1) is 17.0. The number of hydrogen-bond donors (Lipinski definition) is 2. The Kier molecular flexibility index (Phi) is 5.07. The maximum absolute atomic E-state index is 13.5. The molecule has 180 valence electrons. The number of amides is 2. The number of aromatic nitrogens is 1. The maximum Gasteiger partial charge on any atom is 0.231 e. The Hall–Kier alpha value is -3.78. The molecule has 0 saturated carbocycles. The molecule has 3 aliphatic heterocycles. The Morgan fingerprint density at radius 2 is 2.03 bits per heavy atom. The van der Waals surface area contributed by atoms with Crippen LogP contribution in [-0.4, -0.2) is 60.7 Å². The highest BCUT2D eigenvalue weighted by Gasteiger charge is 2.66. The number of rotatable bonds is 7. The summed E-state index contributed by atoms with van der Waals surface area (Å²) in [6.45, 7) is 1.04. The maximum atomic E-state index is 13.5. The van der Waals surface area contributed by atoms with Crippen molar-refractivity contribution >= 4 is 28.4 Å². The number of anilines is 1. The number of benzene rings is 2. The largest absolute Gasteiger partial charge is 0.493 e. The lowest BCUT2D eigenvalue weighted by atomic mass is 9.77. The number of carbonyl (C=O) groups excluding carboxylic acids is 2. The van der Waals surface area contributed by atoms with Crippen LogP contribution in [-0.2, 0) is 20.7 Å². The smallest absolute Gasteiger partial charge is 0.231 e. The van der Waals surface area contributed by atoms with E-state index in [1.165, 1.54) is 10.9 Å². The summed E-state index contributed by atoms with van der Waals surface area (Å²) in [7, 11) is 3.11. The summed E-state index contributed by atoms with van der Waals surface area (Å²) in [6, 6.07) is 13.3. The number of carbonyl (C=O) groups is 2. The summed E-state index contributed by atoms with van der Waals surface area (Å²) in [5.41, 5.74) is 2.10. The second-order valence-electron chi connectivity index (χ2n) is 9.33. The van der Waals surface area contributed by atoms with Crippen molar-refractivity contribution in [3.05, 3.63) is 66.4 Å². The number of hydrogen-bond acceptors (Lipinski definition) is 5. The molecule has 4 heterocycles. The number of likely N-dealkylation sites (tertiary alicyclic amines) is 1. The highest BCUT2D eigenvalue weighted by atomic mass is 16.5. The van der Waals surface area contributed by atoms with E-state index in [4.69, 9.17) is 14.2 Å². The molecule has 3 aromatic rings. The highest BCUT2D eigenvalue weighted by Crippen LogP contribution is 2.52. The molecule has 2 N–H and O–H groups in total. The fourth-order valence-corrected chi connectivity index (χ4v) is 5.80. The summed E-state index contributed by atoms with van der Waals surface area (Å²) in [4.78, 5) is 32.0. The zero-order chi connectivity index (χ0) is 24.2. The first kappa shape index (κ1) is 21.7. The van der Waals surface area contributed by atoms with Crippen LogP contribution < -0.4 is 14.8 Å². The van der Waals surface area contributed by atoms with E-state index in [0.29, 0.717) is 30.3 Å². The molecule has 4 atom stereocenters. The van der Waals surface area contributed by atoms with Crippen LogP contribution in [0, 0.1) is 11.8 Å². The van der Waals surface area contributed by atoms with E-state index < -0.39 is 23.5 Å². The molecule has 2 bridgehead atoms. The van der Waals surface area contributed by atoms with Crippen LogP contribution in [0.1, 0.15) is 5.56 Å². The van der Waals surface area contributed by atoms with Gasteiger partial charge in [0.15, 0.2) is 11.5 Å². The van der Waals surface area contributed by atoms with Gasteiger partial charge in [0.1, 0.15) is 5.60 Å². The standard InChI is InChI=1S/C27H27N3O5/c1-33-20-8-7-17(13-22(20)34-2)29-25(31)23-21-9-11-27(35-21)15-30(26(32)24(23)27)12-10-16-14-28-19-6-4-3-5-18(16)19/h3-9,11,13-14,21,23-24,28H,10,12,15H2,1-2H3,(H,29,31)/t21-,23?,24?,27?/m1/s1. The third-order valence-electron chi connectivity index (χ3n) is 7.46. The van der Waals surface area contributed by atoms with Gasteiger partial charge in [0, 0.05) is 35.4 Å². The number of nitrogens with zero attached hydrogens (tertiary/aromatic N) is 1. The molecule has 3 unspecified atom stereocenters. The minimum atomic E-state index is -0.735. The molecule has 8 nitrogen and oxygen atoms in total. The predicted octanol–water partition coefficient (Wildman–Crippen LogP) is 3.15. The molecule has 1 spiro atoms. The Bertz CT molecular complexity index is 1350. The predicted molar refractivity (Wildman–Crippen MR) is 130 cm³/mol. The molecule has 0 radical (unpaired) electrons. The third kappa shape index (κ3) is 3.39. The fraction of sp³-hybridized carbons (Fsp3) is 0.333. The van der Waals surface area contributed by atoms with E-state index in [-0.39, 0.29) is 11.8 Å². The number of fused-ring (bicyclic) bond motifs is 2. The van der Waals surface area contributed by atoms with E-state index in [1.807, 2.05) is 41.4 Å². The number of aromatic amines is 1. The molecule has 2 fully saturated rings. The topological polar surface area (TPSA) is 92.9 Å². The average Bonchev–Trinajstić information content (AvgIpc) is 3.62. The van der Waals surface area contributed by atoms with Gasteiger partial charge in [-0.25, -0.2) is 0 Å². The van der Waals surface area contributed by atoms with Gasteiger partial charge in [-0.15, -0.1) is 0 Å². The molecule has 3 aliphatic rings. The number of H-pyrrole nitrogens is 1. The quantitative estimate of drug-likeness (QED) is 0.515. The van der Waals surface area contributed by atoms with Gasteiger partial charge < -0.3 is 29.4 Å². The van der Waals surface area contributed by atoms with Crippen LogP contribution >= 0.6 is 0 Å². The minimum Gasteiger partial charge on any atom is -0.493 e. The molecule has 35 heavy (non-hydrogen) atoms. The molecule has 6 rings (SSSR count). The van der Waals surface area contributed by atoms with Crippen molar-refractivity contribution in [2.24, 2.45) is 11.8 Å². The van der Waals surface area contributed by atoms with Crippen molar-refractivity contribution in [1.82, 2.24) is 9.88 Å². The Labute approximate surface area is 202 Å². The molecular formula is C27H27N3O5. The van der Waals surface area contributed by atoms with Gasteiger partial charge in [-0.3, -0.25) is 9.59 Å². The zero-order valence-corrected chi connectivity index (χ0v) is 19.6. The number of ether oxygens (including phenoxy) is 3.